The van der Waals surface area contributed by atoms with Crippen LogP contribution in [0, 0.1) is 17.8 Å². The Labute approximate surface area is 127 Å². The van der Waals surface area contributed by atoms with Crippen molar-refractivity contribution >= 4 is 0 Å². The molecular weight excluding hydrogens is 260 g/mol. The second-order valence-electron chi connectivity index (χ2n) is 7.18. The molecule has 5 atom stereocenters. The Bertz CT molecular complexity index is 504. The Morgan fingerprint density at radius 3 is 2.90 bits per heavy atom. The van der Waals surface area contributed by atoms with Gasteiger partial charge >= 0.3 is 0 Å². The molecule has 0 spiro atoms. The van der Waals surface area contributed by atoms with Crippen molar-refractivity contribution in [3.63, 3.8) is 0 Å². The van der Waals surface area contributed by atoms with Gasteiger partial charge in [0.05, 0.1) is 18.8 Å². The minimum Gasteiger partial charge on any atom is -0.371 e. The van der Waals surface area contributed by atoms with E-state index in [4.69, 9.17) is 10.6 Å². The third-order valence-corrected chi connectivity index (χ3v) is 6.05. The summed E-state index contributed by atoms with van der Waals surface area (Å²) in [5.41, 5.74) is 5.85. The third-order valence-electron chi connectivity index (χ3n) is 6.05. The lowest BCUT2D eigenvalue weighted by molar-refractivity contribution is 0.00692. The van der Waals surface area contributed by atoms with Gasteiger partial charge in [-0.2, -0.15) is 0 Å². The van der Waals surface area contributed by atoms with E-state index in [0.717, 1.165) is 37.2 Å². The molecule has 3 aliphatic rings. The fourth-order valence-corrected chi connectivity index (χ4v) is 5.03. The molecule has 2 bridgehead atoms. The lowest BCUT2D eigenvalue weighted by Crippen LogP contribution is -2.44. The minimum atomic E-state index is 0.124. The van der Waals surface area contributed by atoms with Gasteiger partial charge in [0.25, 0.3) is 0 Å². The minimum absolute atomic E-state index is 0.124. The SMILES string of the molecule is NNC(CC1CC2CCC1C2)C1OCCc2ccccc21. The quantitative estimate of drug-likeness (QED) is 0.661. The van der Waals surface area contributed by atoms with E-state index in [2.05, 4.69) is 29.7 Å². The molecule has 21 heavy (non-hydrogen) atoms. The van der Waals surface area contributed by atoms with E-state index in [1.165, 1.54) is 36.8 Å². The zero-order valence-corrected chi connectivity index (χ0v) is 12.6. The molecule has 0 radical (unpaired) electrons. The Balaban J connectivity index is 1.51. The summed E-state index contributed by atoms with van der Waals surface area (Å²) >= 11 is 0. The average molecular weight is 286 g/mol. The Morgan fingerprint density at radius 2 is 2.14 bits per heavy atom. The van der Waals surface area contributed by atoms with E-state index in [9.17, 15) is 0 Å². The second kappa shape index (κ2) is 5.71. The smallest absolute Gasteiger partial charge is 0.0994 e. The van der Waals surface area contributed by atoms with Crippen LogP contribution >= 0.6 is 0 Å². The van der Waals surface area contributed by atoms with Crippen LogP contribution in [0.2, 0.25) is 0 Å². The second-order valence-corrected chi connectivity index (χ2v) is 7.18. The van der Waals surface area contributed by atoms with Crippen molar-refractivity contribution in [3.05, 3.63) is 35.4 Å². The van der Waals surface area contributed by atoms with Crippen LogP contribution in [0.15, 0.2) is 24.3 Å². The Kier molecular flexibility index (Phi) is 3.74. The van der Waals surface area contributed by atoms with E-state index >= 15 is 0 Å². The van der Waals surface area contributed by atoms with E-state index in [-0.39, 0.29) is 12.1 Å². The van der Waals surface area contributed by atoms with E-state index in [1.54, 1.807) is 0 Å². The summed E-state index contributed by atoms with van der Waals surface area (Å²) in [6.45, 7) is 0.816. The molecule has 1 aliphatic heterocycles. The fourth-order valence-electron chi connectivity index (χ4n) is 5.03. The largest absolute Gasteiger partial charge is 0.371 e. The summed E-state index contributed by atoms with van der Waals surface area (Å²) in [4.78, 5) is 0. The van der Waals surface area contributed by atoms with Crippen molar-refractivity contribution in [2.45, 2.75) is 50.7 Å². The van der Waals surface area contributed by atoms with Gasteiger partial charge in [0, 0.05) is 0 Å². The standard InChI is InChI=1S/C18H26N2O/c19-20-17(11-15-10-12-5-6-14(15)9-12)18-16-4-2-1-3-13(16)7-8-21-18/h1-4,12,14-15,17-18,20H,5-11,19H2. The number of benzene rings is 1. The maximum Gasteiger partial charge on any atom is 0.0994 e. The number of hydrogen-bond donors (Lipinski definition) is 2. The van der Waals surface area contributed by atoms with Gasteiger partial charge in [-0.25, -0.2) is 0 Å². The summed E-state index contributed by atoms with van der Waals surface area (Å²) in [6.07, 6.45) is 8.09. The first-order valence-corrected chi connectivity index (χ1v) is 8.50. The van der Waals surface area contributed by atoms with Crippen LogP contribution in [0.3, 0.4) is 0 Å². The average Bonchev–Trinajstić information content (AvgIpc) is 3.15. The highest BCUT2D eigenvalue weighted by Crippen LogP contribution is 2.50. The first-order valence-electron chi connectivity index (χ1n) is 8.50. The monoisotopic (exact) mass is 286 g/mol. The van der Waals surface area contributed by atoms with Crippen molar-refractivity contribution in [2.24, 2.45) is 23.6 Å². The lowest BCUT2D eigenvalue weighted by Gasteiger charge is -2.35. The van der Waals surface area contributed by atoms with Crippen LogP contribution in [0.4, 0.5) is 0 Å². The van der Waals surface area contributed by atoms with Crippen LogP contribution in [0.5, 0.6) is 0 Å². The van der Waals surface area contributed by atoms with Gasteiger partial charge in [0.2, 0.25) is 0 Å². The summed E-state index contributed by atoms with van der Waals surface area (Å²) in [5, 5.41) is 0. The summed E-state index contributed by atoms with van der Waals surface area (Å²) in [6, 6.07) is 8.93. The van der Waals surface area contributed by atoms with Crippen molar-refractivity contribution in [2.75, 3.05) is 6.61 Å². The van der Waals surface area contributed by atoms with Crippen molar-refractivity contribution in [1.82, 2.24) is 5.43 Å². The molecule has 2 saturated carbocycles. The zero-order chi connectivity index (χ0) is 14.2. The summed E-state index contributed by atoms with van der Waals surface area (Å²) < 4.78 is 6.11. The molecule has 0 saturated heterocycles. The molecule has 3 heteroatoms. The van der Waals surface area contributed by atoms with Crippen molar-refractivity contribution in [1.29, 1.82) is 0 Å². The molecule has 114 valence electrons. The predicted octanol–water partition coefficient (Wildman–Crippen LogP) is 2.96. The number of nitrogens with two attached hydrogens (primary N) is 1. The van der Waals surface area contributed by atoms with Gasteiger partial charge in [-0.1, -0.05) is 30.7 Å². The maximum absolute atomic E-state index is 6.11. The van der Waals surface area contributed by atoms with Crippen molar-refractivity contribution in [3.8, 4) is 0 Å². The van der Waals surface area contributed by atoms with Gasteiger partial charge in [-0.05, 0) is 61.0 Å². The highest BCUT2D eigenvalue weighted by atomic mass is 16.5. The molecule has 3 N–H and O–H groups in total. The first-order chi connectivity index (χ1) is 10.3. The molecule has 0 aromatic heterocycles. The predicted molar refractivity (Wildman–Crippen MR) is 83.5 cm³/mol. The van der Waals surface area contributed by atoms with Crippen LogP contribution < -0.4 is 11.3 Å². The van der Waals surface area contributed by atoms with Gasteiger partial charge in [-0.3, -0.25) is 11.3 Å². The van der Waals surface area contributed by atoms with Gasteiger partial charge in [0.15, 0.2) is 0 Å². The molecule has 1 aromatic carbocycles. The molecule has 1 aromatic rings. The number of hydrogen-bond acceptors (Lipinski definition) is 3. The van der Waals surface area contributed by atoms with Gasteiger partial charge in [-0.15, -0.1) is 0 Å². The molecule has 5 unspecified atom stereocenters. The Hall–Kier alpha value is -0.900. The van der Waals surface area contributed by atoms with Crippen LogP contribution in [0.25, 0.3) is 0 Å². The molecule has 4 rings (SSSR count). The highest BCUT2D eigenvalue weighted by Gasteiger charge is 2.41. The first kappa shape index (κ1) is 13.7. The summed E-state index contributed by atoms with van der Waals surface area (Å²) in [5.74, 6) is 8.70. The van der Waals surface area contributed by atoms with Gasteiger partial charge < -0.3 is 4.74 Å². The Morgan fingerprint density at radius 1 is 1.24 bits per heavy atom. The lowest BCUT2D eigenvalue weighted by atomic mass is 9.81. The van der Waals surface area contributed by atoms with E-state index < -0.39 is 0 Å². The van der Waals surface area contributed by atoms with Crippen molar-refractivity contribution < 1.29 is 4.74 Å². The maximum atomic E-state index is 6.11. The molecule has 3 nitrogen and oxygen atoms in total. The number of nitrogens with one attached hydrogen (secondary N) is 1. The molecule has 0 amide bonds. The van der Waals surface area contributed by atoms with Gasteiger partial charge in [0.1, 0.15) is 0 Å². The number of hydrazine groups is 1. The molecule has 2 aliphatic carbocycles. The van der Waals surface area contributed by atoms with E-state index in [1.807, 2.05) is 0 Å². The van der Waals surface area contributed by atoms with E-state index in [0.29, 0.717) is 0 Å². The fraction of sp³-hybridized carbons (Fsp3) is 0.667. The number of ether oxygens (including phenoxy) is 1. The molecular formula is C18H26N2O. The summed E-state index contributed by atoms with van der Waals surface area (Å²) in [7, 11) is 0. The molecule has 1 heterocycles. The third kappa shape index (κ3) is 2.52. The van der Waals surface area contributed by atoms with Crippen LogP contribution in [0.1, 0.15) is 49.3 Å². The number of fused-ring (bicyclic) bond motifs is 3. The zero-order valence-electron chi connectivity index (χ0n) is 12.6. The normalized spacial score (nSPS) is 35.7. The van der Waals surface area contributed by atoms with Crippen LogP contribution in [-0.4, -0.2) is 12.6 Å². The highest BCUT2D eigenvalue weighted by molar-refractivity contribution is 5.32. The number of rotatable bonds is 4. The van der Waals surface area contributed by atoms with Crippen LogP contribution in [-0.2, 0) is 11.2 Å². The topological polar surface area (TPSA) is 47.3 Å². The molecule has 2 fully saturated rings.